The largest absolute Gasteiger partial charge is 0.462 e. The number of piperazine rings is 1. The molecule has 11 heteroatoms. The third kappa shape index (κ3) is 6.53. The smallest absolute Gasteiger partial charge is 0.338 e. The summed E-state index contributed by atoms with van der Waals surface area (Å²) in [5.74, 6) is -1.54. The molecule has 2 amide bonds. The Kier molecular flexibility index (Phi) is 9.03. The Bertz CT molecular complexity index is 1170. The van der Waals surface area contributed by atoms with Crippen LogP contribution in [0.5, 0.6) is 0 Å². The highest BCUT2D eigenvalue weighted by molar-refractivity contribution is 7.80. The number of esters is 1. The fourth-order valence-electron chi connectivity index (χ4n) is 4.53. The van der Waals surface area contributed by atoms with Crippen LogP contribution in [0.15, 0.2) is 48.5 Å². The van der Waals surface area contributed by atoms with Gasteiger partial charge in [0, 0.05) is 45.0 Å². The van der Waals surface area contributed by atoms with E-state index in [2.05, 4.69) is 22.2 Å². The molecule has 2 aromatic rings. The second-order valence-electron chi connectivity index (χ2n) is 9.34. The van der Waals surface area contributed by atoms with Crippen molar-refractivity contribution in [1.29, 1.82) is 0 Å². The minimum Gasteiger partial charge on any atom is -0.462 e. The van der Waals surface area contributed by atoms with Crippen LogP contribution in [-0.4, -0.2) is 96.6 Å². The number of hydrogen-bond donors (Lipinski definition) is 1. The van der Waals surface area contributed by atoms with Crippen LogP contribution in [-0.2, 0) is 14.3 Å². The zero-order valence-corrected chi connectivity index (χ0v) is 22.4. The molecule has 1 atom stereocenters. The maximum absolute atomic E-state index is 13.6. The number of thiocarbonyl (C=S) groups is 1. The maximum atomic E-state index is 13.6. The highest BCUT2D eigenvalue weighted by Gasteiger charge is 2.44. The van der Waals surface area contributed by atoms with Crippen LogP contribution in [0, 0.1) is 5.82 Å². The lowest BCUT2D eigenvalue weighted by atomic mass is 10.1. The number of anilines is 2. The van der Waals surface area contributed by atoms with E-state index in [0.717, 1.165) is 26.2 Å². The topological polar surface area (TPSA) is 85.4 Å². The molecular weight excluding hydrogens is 509 g/mol. The van der Waals surface area contributed by atoms with Crippen LogP contribution >= 0.6 is 12.2 Å². The first-order valence-electron chi connectivity index (χ1n) is 12.6. The Morgan fingerprint density at radius 1 is 1.03 bits per heavy atom. The van der Waals surface area contributed by atoms with Gasteiger partial charge in [0.15, 0.2) is 5.11 Å². The van der Waals surface area contributed by atoms with Crippen molar-refractivity contribution in [2.75, 3.05) is 63.1 Å². The van der Waals surface area contributed by atoms with E-state index < -0.39 is 17.8 Å². The van der Waals surface area contributed by atoms with Gasteiger partial charge in [-0.1, -0.05) is 0 Å². The van der Waals surface area contributed by atoms with Crippen LogP contribution in [0.1, 0.15) is 23.7 Å². The first-order valence-corrected chi connectivity index (χ1v) is 13.1. The average Bonchev–Trinajstić information content (AvgIpc) is 3.13. The van der Waals surface area contributed by atoms with E-state index in [1.54, 1.807) is 36.1 Å². The van der Waals surface area contributed by atoms with Crippen LogP contribution in [0.25, 0.3) is 0 Å². The Labute approximate surface area is 227 Å². The number of likely N-dealkylation sites (N-methyl/N-ethyl adjacent to an activating group) is 1. The van der Waals surface area contributed by atoms with Crippen molar-refractivity contribution >= 4 is 46.5 Å². The predicted molar refractivity (Wildman–Crippen MR) is 147 cm³/mol. The van der Waals surface area contributed by atoms with Crippen molar-refractivity contribution in [3.63, 3.8) is 0 Å². The Morgan fingerprint density at radius 3 is 2.32 bits per heavy atom. The van der Waals surface area contributed by atoms with E-state index in [0.29, 0.717) is 35.1 Å². The molecule has 2 aromatic carbocycles. The predicted octanol–water partition coefficient (Wildman–Crippen LogP) is 2.58. The highest BCUT2D eigenvalue weighted by Crippen LogP contribution is 2.28. The third-order valence-corrected chi connectivity index (χ3v) is 7.13. The lowest BCUT2D eigenvalue weighted by Gasteiger charge is -2.34. The standard InChI is InChI=1S/C27H32FN5O4S/c1-3-37-26(36)19-4-10-22(11-5-19)33-25(35)23(18-24(34)29-21-8-6-20(28)7-9-21)32(27(33)38)17-16-31-14-12-30(2)13-15-31/h4-11,23H,3,12-18H2,1-2H3,(H,29,34)/t23-/m1/s1. The van der Waals surface area contributed by atoms with Crippen molar-refractivity contribution in [2.45, 2.75) is 19.4 Å². The summed E-state index contributed by atoms with van der Waals surface area (Å²) in [4.78, 5) is 46.4. The molecule has 2 saturated heterocycles. The molecule has 9 nitrogen and oxygen atoms in total. The summed E-state index contributed by atoms with van der Waals surface area (Å²) in [7, 11) is 2.09. The normalized spacial score (nSPS) is 18.7. The molecular formula is C27H32FN5O4S. The maximum Gasteiger partial charge on any atom is 0.338 e. The SMILES string of the molecule is CCOC(=O)c1ccc(N2C(=O)[C@@H](CC(=O)Nc3ccc(F)cc3)N(CCN3CCN(C)CC3)C2=S)cc1. The van der Waals surface area contributed by atoms with Gasteiger partial charge in [0.2, 0.25) is 5.91 Å². The van der Waals surface area contributed by atoms with Crippen molar-refractivity contribution in [2.24, 2.45) is 0 Å². The number of halogens is 1. The Balaban J connectivity index is 1.51. The van der Waals surface area contributed by atoms with Gasteiger partial charge in [0.1, 0.15) is 11.9 Å². The summed E-state index contributed by atoms with van der Waals surface area (Å²) in [5.41, 5.74) is 1.33. The van der Waals surface area contributed by atoms with Crippen LogP contribution in [0.2, 0.25) is 0 Å². The van der Waals surface area contributed by atoms with E-state index in [4.69, 9.17) is 17.0 Å². The van der Waals surface area contributed by atoms with Gasteiger partial charge in [0.05, 0.1) is 24.3 Å². The molecule has 0 bridgehead atoms. The Morgan fingerprint density at radius 2 is 1.68 bits per heavy atom. The fraction of sp³-hybridized carbons (Fsp3) is 0.407. The molecule has 38 heavy (non-hydrogen) atoms. The first kappa shape index (κ1) is 27.6. The van der Waals surface area contributed by atoms with Crippen molar-refractivity contribution in [1.82, 2.24) is 14.7 Å². The number of nitrogens with zero attached hydrogens (tertiary/aromatic N) is 4. The molecule has 0 radical (unpaired) electrons. The van der Waals surface area contributed by atoms with E-state index in [-0.39, 0.29) is 24.8 Å². The summed E-state index contributed by atoms with van der Waals surface area (Å²) in [5, 5.41) is 3.05. The summed E-state index contributed by atoms with van der Waals surface area (Å²) in [6, 6.07) is 11.1. The van der Waals surface area contributed by atoms with E-state index >= 15 is 0 Å². The lowest BCUT2D eigenvalue weighted by molar-refractivity contribution is -0.124. The van der Waals surface area contributed by atoms with Gasteiger partial charge in [-0.15, -0.1) is 0 Å². The highest BCUT2D eigenvalue weighted by atomic mass is 32.1. The molecule has 0 aromatic heterocycles. The summed E-state index contributed by atoms with van der Waals surface area (Å²) in [6.45, 7) is 6.94. The molecule has 0 saturated carbocycles. The molecule has 2 heterocycles. The van der Waals surface area contributed by atoms with Crippen LogP contribution in [0.4, 0.5) is 15.8 Å². The van der Waals surface area contributed by atoms with Crippen LogP contribution < -0.4 is 10.2 Å². The molecule has 2 aliphatic heterocycles. The zero-order valence-electron chi connectivity index (χ0n) is 21.6. The number of rotatable bonds is 9. The van der Waals surface area contributed by atoms with Gasteiger partial charge in [-0.2, -0.15) is 0 Å². The van der Waals surface area contributed by atoms with Gasteiger partial charge in [-0.3, -0.25) is 19.4 Å². The fourth-order valence-corrected chi connectivity index (χ4v) is 4.94. The minimum absolute atomic E-state index is 0.115. The number of amides is 2. The van der Waals surface area contributed by atoms with Gasteiger partial charge in [0.25, 0.3) is 5.91 Å². The number of carbonyl (C=O) groups excluding carboxylic acids is 3. The quantitative estimate of drug-likeness (QED) is 0.383. The van der Waals surface area contributed by atoms with E-state index in [1.165, 1.54) is 29.2 Å². The monoisotopic (exact) mass is 541 g/mol. The molecule has 202 valence electrons. The minimum atomic E-state index is -0.792. The number of carbonyl (C=O) groups is 3. The molecule has 0 aliphatic carbocycles. The van der Waals surface area contributed by atoms with E-state index in [9.17, 15) is 18.8 Å². The van der Waals surface area contributed by atoms with Crippen LogP contribution in [0.3, 0.4) is 0 Å². The number of nitrogens with one attached hydrogen (secondary N) is 1. The van der Waals surface area contributed by atoms with Gasteiger partial charge in [-0.05, 0) is 74.7 Å². The number of ether oxygens (including phenoxy) is 1. The zero-order chi connectivity index (χ0) is 27.2. The second kappa shape index (κ2) is 12.4. The molecule has 1 N–H and O–H groups in total. The second-order valence-corrected chi connectivity index (χ2v) is 9.70. The molecule has 2 fully saturated rings. The number of hydrogen-bond acceptors (Lipinski definition) is 7. The average molecular weight is 542 g/mol. The van der Waals surface area contributed by atoms with Gasteiger partial charge >= 0.3 is 5.97 Å². The van der Waals surface area contributed by atoms with Gasteiger partial charge in [-0.25, -0.2) is 9.18 Å². The van der Waals surface area contributed by atoms with Crippen molar-refractivity contribution < 1.29 is 23.5 Å². The van der Waals surface area contributed by atoms with Crippen molar-refractivity contribution in [3.05, 3.63) is 59.9 Å². The summed E-state index contributed by atoms with van der Waals surface area (Å²) < 4.78 is 18.3. The molecule has 0 spiro atoms. The summed E-state index contributed by atoms with van der Waals surface area (Å²) in [6.07, 6.45) is -0.115. The lowest BCUT2D eigenvalue weighted by Crippen LogP contribution is -2.48. The van der Waals surface area contributed by atoms with Gasteiger partial charge < -0.3 is 19.9 Å². The van der Waals surface area contributed by atoms with Crippen molar-refractivity contribution in [3.8, 4) is 0 Å². The summed E-state index contributed by atoms with van der Waals surface area (Å²) >= 11 is 5.75. The number of benzene rings is 2. The third-order valence-electron chi connectivity index (χ3n) is 6.72. The Hall–Kier alpha value is -3.41. The van der Waals surface area contributed by atoms with E-state index in [1.807, 2.05) is 0 Å². The molecule has 2 aliphatic rings. The molecule has 4 rings (SSSR count). The molecule has 0 unspecified atom stereocenters. The first-order chi connectivity index (χ1) is 18.3.